The Morgan fingerprint density at radius 1 is 0.923 bits per heavy atom. The van der Waals surface area contributed by atoms with Gasteiger partial charge in [-0.1, -0.05) is 39.0 Å². The number of benzene rings is 2. The molecule has 0 aromatic heterocycles. The van der Waals surface area contributed by atoms with Gasteiger partial charge in [-0.2, -0.15) is 0 Å². The molecule has 2 atom stereocenters. The maximum Gasteiger partial charge on any atom is 0.335 e. The molecule has 0 bridgehead atoms. The summed E-state index contributed by atoms with van der Waals surface area (Å²) in [6.45, 7) is 6.41. The smallest absolute Gasteiger partial charge is 0.335 e. The van der Waals surface area contributed by atoms with E-state index < -0.39 is 11.9 Å². The van der Waals surface area contributed by atoms with Crippen molar-refractivity contribution in [3.05, 3.63) is 70.3 Å². The molecule has 2 unspecified atom stereocenters. The monoisotopic (exact) mass is 352 g/mol. The molecule has 0 amide bonds. The number of aromatic carboxylic acids is 2. The Balaban J connectivity index is 2.26. The molecule has 136 valence electrons. The van der Waals surface area contributed by atoms with Crippen molar-refractivity contribution in [2.45, 2.75) is 50.9 Å². The van der Waals surface area contributed by atoms with E-state index in [1.54, 1.807) is 30.3 Å². The highest BCUT2D eigenvalue weighted by molar-refractivity contribution is 5.89. The van der Waals surface area contributed by atoms with Gasteiger partial charge in [0.25, 0.3) is 0 Å². The zero-order valence-corrected chi connectivity index (χ0v) is 15.4. The van der Waals surface area contributed by atoms with Crippen molar-refractivity contribution in [2.75, 3.05) is 0 Å². The fourth-order valence-electron chi connectivity index (χ4n) is 4.49. The van der Waals surface area contributed by atoms with Gasteiger partial charge in [-0.05, 0) is 65.6 Å². The summed E-state index contributed by atoms with van der Waals surface area (Å²) < 4.78 is 0. The highest BCUT2D eigenvalue weighted by Crippen LogP contribution is 2.56. The first kappa shape index (κ1) is 18.2. The van der Waals surface area contributed by atoms with E-state index in [2.05, 4.69) is 20.8 Å². The Hall–Kier alpha value is -2.62. The zero-order valence-electron chi connectivity index (χ0n) is 15.4. The van der Waals surface area contributed by atoms with Crippen LogP contribution in [-0.2, 0) is 10.8 Å². The molecule has 26 heavy (non-hydrogen) atoms. The van der Waals surface area contributed by atoms with Crippen LogP contribution in [0.15, 0.2) is 42.5 Å². The zero-order chi connectivity index (χ0) is 19.1. The lowest BCUT2D eigenvalue weighted by atomic mass is 9.70. The molecule has 3 rings (SSSR count). The van der Waals surface area contributed by atoms with Crippen LogP contribution in [-0.4, -0.2) is 22.2 Å². The summed E-state index contributed by atoms with van der Waals surface area (Å²) in [6, 6.07) is 12.6. The van der Waals surface area contributed by atoms with Crippen LogP contribution in [0, 0.1) is 0 Å². The lowest BCUT2D eigenvalue weighted by Gasteiger charge is -2.33. The first-order valence-corrected chi connectivity index (χ1v) is 8.99. The fraction of sp³-hybridized carbons (Fsp3) is 0.364. The quantitative estimate of drug-likeness (QED) is 0.806. The van der Waals surface area contributed by atoms with Crippen LogP contribution in [0.25, 0.3) is 0 Å². The second-order valence-corrected chi connectivity index (χ2v) is 7.48. The van der Waals surface area contributed by atoms with E-state index in [1.807, 2.05) is 12.1 Å². The molecule has 0 radical (unpaired) electrons. The van der Waals surface area contributed by atoms with E-state index >= 15 is 0 Å². The van der Waals surface area contributed by atoms with Crippen LogP contribution in [0.4, 0.5) is 0 Å². The number of hydrogen-bond donors (Lipinski definition) is 2. The summed E-state index contributed by atoms with van der Waals surface area (Å²) in [7, 11) is 0. The van der Waals surface area contributed by atoms with Crippen LogP contribution < -0.4 is 0 Å². The lowest BCUT2D eigenvalue weighted by Crippen LogP contribution is -2.27. The predicted molar refractivity (Wildman–Crippen MR) is 100 cm³/mol. The summed E-state index contributed by atoms with van der Waals surface area (Å²) in [5, 5.41) is 18.8. The second-order valence-electron chi connectivity index (χ2n) is 7.48. The maximum atomic E-state index is 11.5. The molecule has 0 fully saturated rings. The molecule has 0 heterocycles. The van der Waals surface area contributed by atoms with Crippen molar-refractivity contribution in [3.8, 4) is 0 Å². The summed E-state index contributed by atoms with van der Waals surface area (Å²) in [5.41, 5.74) is 3.32. The molecule has 2 aromatic carbocycles. The highest BCUT2D eigenvalue weighted by Gasteiger charge is 2.49. The third-order valence-electron chi connectivity index (χ3n) is 6.17. The Kier molecular flexibility index (Phi) is 4.39. The van der Waals surface area contributed by atoms with Gasteiger partial charge in [0.05, 0.1) is 11.1 Å². The Morgan fingerprint density at radius 2 is 1.58 bits per heavy atom. The van der Waals surface area contributed by atoms with Gasteiger partial charge in [-0.25, -0.2) is 9.59 Å². The van der Waals surface area contributed by atoms with E-state index in [9.17, 15) is 19.8 Å². The number of carboxylic acid groups (broad SMARTS) is 2. The molecule has 4 heteroatoms. The number of carbonyl (C=O) groups is 2. The van der Waals surface area contributed by atoms with Gasteiger partial charge in [0.1, 0.15) is 0 Å². The minimum absolute atomic E-state index is 0.143. The Bertz CT molecular complexity index is 885. The summed E-state index contributed by atoms with van der Waals surface area (Å²) >= 11 is 0. The van der Waals surface area contributed by atoms with Gasteiger partial charge in [0.2, 0.25) is 0 Å². The van der Waals surface area contributed by atoms with E-state index in [-0.39, 0.29) is 16.4 Å². The van der Waals surface area contributed by atoms with Gasteiger partial charge in [0.15, 0.2) is 0 Å². The van der Waals surface area contributed by atoms with Gasteiger partial charge >= 0.3 is 11.9 Å². The highest BCUT2D eigenvalue weighted by atomic mass is 16.4. The molecule has 1 aliphatic carbocycles. The molecule has 0 saturated heterocycles. The van der Waals surface area contributed by atoms with Crippen molar-refractivity contribution in [1.29, 1.82) is 0 Å². The number of hydrogen-bond acceptors (Lipinski definition) is 2. The van der Waals surface area contributed by atoms with Gasteiger partial charge in [-0.15, -0.1) is 0 Å². The average molecular weight is 352 g/mol. The van der Waals surface area contributed by atoms with Gasteiger partial charge in [-0.3, -0.25) is 0 Å². The summed E-state index contributed by atoms with van der Waals surface area (Å²) in [5.74, 6) is -1.86. The van der Waals surface area contributed by atoms with Crippen molar-refractivity contribution in [3.63, 3.8) is 0 Å². The number of rotatable bonds is 5. The first-order valence-electron chi connectivity index (χ1n) is 8.99. The second kappa shape index (κ2) is 6.27. The van der Waals surface area contributed by atoms with Crippen LogP contribution in [0.5, 0.6) is 0 Å². The largest absolute Gasteiger partial charge is 0.478 e. The molecular weight excluding hydrogens is 328 g/mol. The number of carboxylic acids is 2. The maximum absolute atomic E-state index is 11.5. The third-order valence-corrected chi connectivity index (χ3v) is 6.17. The molecule has 1 aliphatic rings. The Labute approximate surface area is 153 Å². The fourth-order valence-corrected chi connectivity index (χ4v) is 4.49. The van der Waals surface area contributed by atoms with Crippen LogP contribution in [0.2, 0.25) is 0 Å². The van der Waals surface area contributed by atoms with E-state index in [0.29, 0.717) is 5.56 Å². The topological polar surface area (TPSA) is 74.6 Å². The molecule has 4 nitrogen and oxygen atoms in total. The molecule has 2 N–H and O–H groups in total. The van der Waals surface area contributed by atoms with Crippen LogP contribution in [0.1, 0.15) is 77.4 Å². The number of fused-ring (bicyclic) bond motifs is 1. The standard InChI is InChI=1S/C22H24O4/c1-4-21(3)13-22(5-2,16-8-6-7-14(11-16)19(23)24)17-10-9-15(20(25)26)12-18(17)21/h6-12H,4-5,13H2,1-3H3,(H,23,24)(H,25,26). The van der Waals surface area contributed by atoms with E-state index in [0.717, 1.165) is 36.0 Å². The van der Waals surface area contributed by atoms with Crippen molar-refractivity contribution in [2.24, 2.45) is 0 Å². The van der Waals surface area contributed by atoms with E-state index in [1.165, 1.54) is 0 Å². The summed E-state index contributed by atoms with van der Waals surface area (Å²) in [6.07, 6.45) is 2.56. The van der Waals surface area contributed by atoms with Crippen molar-refractivity contribution in [1.82, 2.24) is 0 Å². The van der Waals surface area contributed by atoms with Crippen LogP contribution in [0.3, 0.4) is 0 Å². The molecule has 0 spiro atoms. The normalized spacial score (nSPS) is 24.3. The van der Waals surface area contributed by atoms with Crippen molar-refractivity contribution < 1.29 is 19.8 Å². The molecular formula is C22H24O4. The predicted octanol–water partition coefficient (Wildman–Crippen LogP) is 4.85. The van der Waals surface area contributed by atoms with Gasteiger partial charge in [0, 0.05) is 5.41 Å². The lowest BCUT2D eigenvalue weighted by molar-refractivity contribution is 0.0686. The van der Waals surface area contributed by atoms with E-state index in [4.69, 9.17) is 0 Å². The van der Waals surface area contributed by atoms with Crippen molar-refractivity contribution >= 4 is 11.9 Å². The minimum atomic E-state index is -0.934. The first-order chi connectivity index (χ1) is 12.3. The molecule has 0 saturated carbocycles. The SMILES string of the molecule is CCC1(C)CC(CC)(c2cccc(C(=O)O)c2)c2ccc(C(=O)O)cc21. The summed E-state index contributed by atoms with van der Waals surface area (Å²) in [4.78, 5) is 22.9. The van der Waals surface area contributed by atoms with Gasteiger partial charge < -0.3 is 10.2 Å². The average Bonchev–Trinajstić information content (AvgIpc) is 2.91. The third kappa shape index (κ3) is 2.61. The molecule has 0 aliphatic heterocycles. The Morgan fingerprint density at radius 3 is 2.15 bits per heavy atom. The van der Waals surface area contributed by atoms with Crippen LogP contribution >= 0.6 is 0 Å². The minimum Gasteiger partial charge on any atom is -0.478 e. The molecule has 2 aromatic rings.